The summed E-state index contributed by atoms with van der Waals surface area (Å²) in [5, 5.41) is 0. The number of amides is 2. The van der Waals surface area contributed by atoms with Crippen LogP contribution < -0.4 is 0 Å². The summed E-state index contributed by atoms with van der Waals surface area (Å²) >= 11 is 3.35. The molecule has 0 saturated carbocycles. The third-order valence-electron chi connectivity index (χ3n) is 3.19. The largest absolute Gasteiger partial charge is 0.465 e. The highest BCUT2D eigenvalue weighted by atomic mass is 79.9. The lowest BCUT2D eigenvalue weighted by atomic mass is 10.1. The molecule has 1 aromatic carbocycles. The Morgan fingerprint density at radius 3 is 2.50 bits per heavy atom. The Morgan fingerprint density at radius 1 is 1.30 bits per heavy atom. The molecule has 0 aromatic heterocycles. The summed E-state index contributed by atoms with van der Waals surface area (Å²) in [6.45, 7) is 0.222. The number of carbonyl (C=O) groups excluding carboxylic acids is 3. The van der Waals surface area contributed by atoms with Gasteiger partial charge in [-0.3, -0.25) is 14.5 Å². The third-order valence-corrected chi connectivity index (χ3v) is 3.92. The lowest BCUT2D eigenvalue weighted by Crippen LogP contribution is -2.39. The molecule has 5 nitrogen and oxygen atoms in total. The minimum absolute atomic E-state index is 0.148. The molecule has 0 bridgehead atoms. The third kappa shape index (κ3) is 3.07. The quantitative estimate of drug-likeness (QED) is 0.626. The van der Waals surface area contributed by atoms with Crippen molar-refractivity contribution in [2.24, 2.45) is 0 Å². The van der Waals surface area contributed by atoms with Gasteiger partial charge < -0.3 is 4.74 Å². The first-order valence-electron chi connectivity index (χ1n) is 6.23. The zero-order valence-corrected chi connectivity index (χ0v) is 12.6. The van der Waals surface area contributed by atoms with E-state index in [1.54, 1.807) is 18.2 Å². The smallest absolute Gasteiger partial charge is 0.337 e. The van der Waals surface area contributed by atoms with E-state index in [9.17, 15) is 14.4 Å². The Labute approximate surface area is 125 Å². The number of esters is 1. The molecular formula is C14H14BrNO4. The molecular weight excluding hydrogens is 326 g/mol. The number of imide groups is 1. The number of benzene rings is 1. The maximum absolute atomic E-state index is 11.8. The Bertz CT molecular complexity index is 554. The number of hydrogen-bond donors (Lipinski definition) is 0. The number of hydrogen-bond acceptors (Lipinski definition) is 4. The van der Waals surface area contributed by atoms with Crippen molar-refractivity contribution in [2.45, 2.75) is 25.8 Å². The predicted octanol–water partition coefficient (Wildman–Crippen LogP) is 2.27. The van der Waals surface area contributed by atoms with E-state index >= 15 is 0 Å². The van der Waals surface area contributed by atoms with Gasteiger partial charge in [-0.1, -0.05) is 22.0 Å². The summed E-state index contributed by atoms with van der Waals surface area (Å²) < 4.78 is 5.31. The first kappa shape index (κ1) is 14.7. The van der Waals surface area contributed by atoms with Gasteiger partial charge in [0.2, 0.25) is 11.8 Å². The van der Waals surface area contributed by atoms with Crippen molar-refractivity contribution in [3.63, 3.8) is 0 Å². The molecule has 0 unspecified atom stereocenters. The van der Waals surface area contributed by atoms with Crippen LogP contribution in [-0.4, -0.2) is 29.8 Å². The van der Waals surface area contributed by atoms with Crippen molar-refractivity contribution in [3.8, 4) is 0 Å². The Balaban J connectivity index is 2.19. The normalized spacial score (nSPS) is 15.4. The summed E-state index contributed by atoms with van der Waals surface area (Å²) in [6.07, 6.45) is 1.43. The lowest BCUT2D eigenvalue weighted by Gasteiger charge is -2.25. The van der Waals surface area contributed by atoms with Gasteiger partial charge in [0.05, 0.1) is 19.2 Å². The van der Waals surface area contributed by atoms with Gasteiger partial charge in [0.15, 0.2) is 0 Å². The molecule has 1 aliphatic rings. The van der Waals surface area contributed by atoms with Crippen molar-refractivity contribution in [2.75, 3.05) is 7.11 Å². The summed E-state index contributed by atoms with van der Waals surface area (Å²) in [7, 11) is 1.31. The van der Waals surface area contributed by atoms with Gasteiger partial charge in [-0.2, -0.15) is 0 Å². The Kier molecular flexibility index (Phi) is 4.54. The van der Waals surface area contributed by atoms with E-state index < -0.39 is 5.97 Å². The molecule has 6 heteroatoms. The van der Waals surface area contributed by atoms with Gasteiger partial charge in [-0.15, -0.1) is 0 Å². The van der Waals surface area contributed by atoms with Crippen molar-refractivity contribution < 1.29 is 19.1 Å². The molecule has 1 saturated heterocycles. The molecule has 2 amide bonds. The van der Waals surface area contributed by atoms with Crippen LogP contribution in [0.25, 0.3) is 0 Å². The molecule has 106 valence electrons. The first-order valence-corrected chi connectivity index (χ1v) is 7.02. The molecule has 1 heterocycles. The number of halogens is 1. The van der Waals surface area contributed by atoms with Crippen molar-refractivity contribution in [1.29, 1.82) is 0 Å². The molecule has 20 heavy (non-hydrogen) atoms. The second-order valence-corrected chi connectivity index (χ2v) is 5.38. The minimum Gasteiger partial charge on any atom is -0.465 e. The summed E-state index contributed by atoms with van der Waals surface area (Å²) in [5.41, 5.74) is 1.20. The van der Waals surface area contributed by atoms with Crippen LogP contribution in [0.5, 0.6) is 0 Å². The van der Waals surface area contributed by atoms with E-state index in [0.29, 0.717) is 29.3 Å². The molecule has 0 N–H and O–H groups in total. The Hall–Kier alpha value is -1.69. The second kappa shape index (κ2) is 6.17. The number of piperidine rings is 1. The fourth-order valence-electron chi connectivity index (χ4n) is 2.07. The van der Waals surface area contributed by atoms with Crippen LogP contribution in [0.15, 0.2) is 22.7 Å². The zero-order valence-electron chi connectivity index (χ0n) is 11.0. The predicted molar refractivity (Wildman–Crippen MR) is 74.9 cm³/mol. The van der Waals surface area contributed by atoms with E-state index in [0.717, 1.165) is 5.56 Å². The van der Waals surface area contributed by atoms with Gasteiger partial charge in [0.25, 0.3) is 0 Å². The Morgan fingerprint density at radius 2 is 1.95 bits per heavy atom. The maximum atomic E-state index is 11.8. The average molecular weight is 340 g/mol. The van der Waals surface area contributed by atoms with Gasteiger partial charge in [0, 0.05) is 17.3 Å². The van der Waals surface area contributed by atoms with Crippen LogP contribution in [0.2, 0.25) is 0 Å². The SMILES string of the molecule is COC(=O)c1ccc(CN2C(=O)CCCC2=O)c(Br)c1. The highest BCUT2D eigenvalue weighted by Crippen LogP contribution is 2.23. The molecule has 0 aliphatic carbocycles. The van der Waals surface area contributed by atoms with Crippen LogP contribution in [0.3, 0.4) is 0 Å². The second-order valence-electron chi connectivity index (χ2n) is 4.52. The standard InChI is InChI=1S/C14H14BrNO4/c1-20-14(19)9-5-6-10(11(15)7-9)8-16-12(17)3-2-4-13(16)18/h5-7H,2-4,8H2,1H3. The molecule has 1 fully saturated rings. The van der Waals surface area contributed by atoms with E-state index in [4.69, 9.17) is 0 Å². The van der Waals surface area contributed by atoms with Gasteiger partial charge in [-0.05, 0) is 24.1 Å². The van der Waals surface area contributed by atoms with Gasteiger partial charge in [-0.25, -0.2) is 4.79 Å². The number of likely N-dealkylation sites (tertiary alicyclic amines) is 1. The van der Waals surface area contributed by atoms with E-state index in [1.165, 1.54) is 12.0 Å². The monoisotopic (exact) mass is 339 g/mol. The number of methoxy groups -OCH3 is 1. The molecule has 2 rings (SSSR count). The van der Waals surface area contributed by atoms with Crippen LogP contribution in [0, 0.1) is 0 Å². The number of carbonyl (C=O) groups is 3. The van der Waals surface area contributed by atoms with E-state index in [2.05, 4.69) is 20.7 Å². The zero-order chi connectivity index (χ0) is 14.7. The number of ether oxygens (including phenoxy) is 1. The lowest BCUT2D eigenvalue weighted by molar-refractivity contribution is -0.148. The van der Waals surface area contributed by atoms with Crippen LogP contribution in [0.1, 0.15) is 35.2 Å². The average Bonchev–Trinajstić information content (AvgIpc) is 2.43. The molecule has 0 atom stereocenters. The van der Waals surface area contributed by atoms with E-state index in [-0.39, 0.29) is 18.4 Å². The maximum Gasteiger partial charge on any atom is 0.337 e. The molecule has 0 spiro atoms. The van der Waals surface area contributed by atoms with Crippen LogP contribution in [-0.2, 0) is 20.9 Å². The summed E-state index contributed by atoms with van der Waals surface area (Å²) in [6, 6.07) is 4.95. The van der Waals surface area contributed by atoms with Crippen molar-refractivity contribution >= 4 is 33.7 Å². The highest BCUT2D eigenvalue weighted by molar-refractivity contribution is 9.10. The highest BCUT2D eigenvalue weighted by Gasteiger charge is 2.26. The number of nitrogens with zero attached hydrogens (tertiary/aromatic N) is 1. The van der Waals surface area contributed by atoms with Gasteiger partial charge >= 0.3 is 5.97 Å². The fraction of sp³-hybridized carbons (Fsp3) is 0.357. The number of rotatable bonds is 3. The van der Waals surface area contributed by atoms with Crippen molar-refractivity contribution in [1.82, 2.24) is 4.90 Å². The first-order chi connectivity index (χ1) is 9.52. The summed E-state index contributed by atoms with van der Waals surface area (Å²) in [4.78, 5) is 36.2. The van der Waals surface area contributed by atoms with Gasteiger partial charge in [0.1, 0.15) is 0 Å². The topological polar surface area (TPSA) is 63.7 Å². The molecule has 1 aliphatic heterocycles. The van der Waals surface area contributed by atoms with Crippen LogP contribution >= 0.6 is 15.9 Å². The summed E-state index contributed by atoms with van der Waals surface area (Å²) in [5.74, 6) is -0.724. The van der Waals surface area contributed by atoms with Crippen LogP contribution in [0.4, 0.5) is 0 Å². The van der Waals surface area contributed by atoms with Crippen molar-refractivity contribution in [3.05, 3.63) is 33.8 Å². The fourth-order valence-corrected chi connectivity index (χ4v) is 2.57. The molecule has 0 radical (unpaired) electrons. The van der Waals surface area contributed by atoms with E-state index in [1.807, 2.05) is 0 Å². The molecule has 1 aromatic rings. The minimum atomic E-state index is -0.428.